The number of methoxy groups -OCH3 is 1. The van der Waals surface area contributed by atoms with Gasteiger partial charge < -0.3 is 14.8 Å². The number of para-hydroxylation sites is 3. The monoisotopic (exact) mass is 298 g/mol. The Morgan fingerprint density at radius 1 is 1.18 bits per heavy atom. The third-order valence-electron chi connectivity index (χ3n) is 3.34. The van der Waals surface area contributed by atoms with E-state index in [1.165, 1.54) is 6.08 Å². The van der Waals surface area contributed by atoms with Gasteiger partial charge in [-0.05, 0) is 18.2 Å². The third kappa shape index (κ3) is 2.58. The molecule has 0 saturated carbocycles. The molecule has 0 aromatic heterocycles. The van der Waals surface area contributed by atoms with Crippen molar-refractivity contribution in [2.75, 3.05) is 12.4 Å². The zero-order chi connectivity index (χ0) is 15.5. The molecule has 1 aliphatic rings. The molecule has 1 atom stereocenters. The maximum Gasteiger partial charge on any atom is 0.308 e. The Morgan fingerprint density at radius 3 is 2.68 bits per heavy atom. The van der Waals surface area contributed by atoms with Crippen molar-refractivity contribution in [3.8, 4) is 11.5 Å². The Hall–Kier alpha value is -3.02. The van der Waals surface area contributed by atoms with Gasteiger partial charge in [-0.3, -0.25) is 10.1 Å². The van der Waals surface area contributed by atoms with Gasteiger partial charge in [0.2, 0.25) is 0 Å². The Balaban J connectivity index is 1.95. The first-order valence-corrected chi connectivity index (χ1v) is 6.70. The predicted molar refractivity (Wildman–Crippen MR) is 82.4 cm³/mol. The molecule has 6 heteroatoms. The van der Waals surface area contributed by atoms with Crippen LogP contribution in [0.25, 0.3) is 6.08 Å². The van der Waals surface area contributed by atoms with Crippen LogP contribution >= 0.6 is 0 Å². The number of rotatable bonds is 4. The maximum atomic E-state index is 11.3. The van der Waals surface area contributed by atoms with Gasteiger partial charge >= 0.3 is 5.70 Å². The van der Waals surface area contributed by atoms with Crippen molar-refractivity contribution in [2.45, 2.75) is 6.23 Å². The van der Waals surface area contributed by atoms with Gasteiger partial charge in [-0.15, -0.1) is 0 Å². The van der Waals surface area contributed by atoms with Gasteiger partial charge in [0, 0.05) is 11.6 Å². The van der Waals surface area contributed by atoms with E-state index in [0.29, 0.717) is 22.7 Å². The number of nitrogens with zero attached hydrogens (tertiary/aromatic N) is 1. The zero-order valence-corrected chi connectivity index (χ0v) is 11.9. The molecule has 2 aromatic rings. The fraction of sp³-hybridized carbons (Fsp3) is 0.125. The topological polar surface area (TPSA) is 73.6 Å². The number of ether oxygens (including phenoxy) is 2. The summed E-state index contributed by atoms with van der Waals surface area (Å²) in [6, 6.07) is 14.4. The summed E-state index contributed by atoms with van der Waals surface area (Å²) in [5, 5.41) is 14.3. The minimum Gasteiger partial charge on any atom is -0.495 e. The highest BCUT2D eigenvalue weighted by atomic mass is 16.6. The Bertz CT molecular complexity index is 742. The highest BCUT2D eigenvalue weighted by Crippen LogP contribution is 2.32. The van der Waals surface area contributed by atoms with Gasteiger partial charge in [-0.1, -0.05) is 30.3 Å². The second-order valence-electron chi connectivity index (χ2n) is 4.71. The van der Waals surface area contributed by atoms with Crippen molar-refractivity contribution < 1.29 is 14.4 Å². The number of nitrogens with one attached hydrogen (secondary N) is 1. The lowest BCUT2D eigenvalue weighted by Crippen LogP contribution is -2.34. The number of fused-ring (bicyclic) bond motifs is 1. The molecule has 0 spiro atoms. The normalized spacial score (nSPS) is 16.0. The van der Waals surface area contributed by atoms with Crippen molar-refractivity contribution in [1.29, 1.82) is 0 Å². The molecule has 0 aliphatic carbocycles. The van der Waals surface area contributed by atoms with E-state index >= 15 is 0 Å². The van der Waals surface area contributed by atoms with Gasteiger partial charge in [-0.2, -0.15) is 0 Å². The quantitative estimate of drug-likeness (QED) is 0.693. The van der Waals surface area contributed by atoms with Crippen LogP contribution in [-0.2, 0) is 0 Å². The summed E-state index contributed by atoms with van der Waals surface area (Å²) in [7, 11) is 1.54. The number of benzene rings is 2. The smallest absolute Gasteiger partial charge is 0.308 e. The van der Waals surface area contributed by atoms with Crippen molar-refractivity contribution in [3.05, 3.63) is 69.9 Å². The molecule has 1 unspecified atom stereocenters. The summed E-state index contributed by atoms with van der Waals surface area (Å²) < 4.78 is 11.0. The fourth-order valence-corrected chi connectivity index (χ4v) is 2.29. The van der Waals surface area contributed by atoms with E-state index in [-0.39, 0.29) is 5.70 Å². The largest absolute Gasteiger partial charge is 0.495 e. The number of nitro groups is 1. The molecule has 22 heavy (non-hydrogen) atoms. The van der Waals surface area contributed by atoms with E-state index < -0.39 is 11.2 Å². The number of hydrogen-bond acceptors (Lipinski definition) is 5. The Labute approximate surface area is 127 Å². The lowest BCUT2D eigenvalue weighted by atomic mass is 10.1. The van der Waals surface area contributed by atoms with Crippen LogP contribution in [0.15, 0.2) is 54.2 Å². The molecular weight excluding hydrogens is 284 g/mol. The van der Waals surface area contributed by atoms with E-state index in [2.05, 4.69) is 5.32 Å². The van der Waals surface area contributed by atoms with E-state index in [4.69, 9.17) is 9.47 Å². The van der Waals surface area contributed by atoms with Crippen LogP contribution in [0, 0.1) is 10.1 Å². The average Bonchev–Trinajstić information content (AvgIpc) is 2.54. The molecule has 2 aromatic carbocycles. The summed E-state index contributed by atoms with van der Waals surface area (Å²) >= 11 is 0. The first kappa shape index (κ1) is 13.9. The molecule has 0 saturated heterocycles. The first-order valence-electron chi connectivity index (χ1n) is 6.70. The summed E-state index contributed by atoms with van der Waals surface area (Å²) in [6.45, 7) is 0. The van der Waals surface area contributed by atoms with Gasteiger partial charge in [0.1, 0.15) is 11.5 Å². The highest BCUT2D eigenvalue weighted by molar-refractivity contribution is 5.64. The summed E-state index contributed by atoms with van der Waals surface area (Å²) in [4.78, 5) is 10.9. The molecule has 0 radical (unpaired) electrons. The molecule has 0 fully saturated rings. The minimum atomic E-state index is -0.888. The fourth-order valence-electron chi connectivity index (χ4n) is 2.29. The highest BCUT2D eigenvalue weighted by Gasteiger charge is 2.32. The Morgan fingerprint density at radius 2 is 1.91 bits per heavy atom. The number of anilines is 1. The second kappa shape index (κ2) is 5.77. The van der Waals surface area contributed by atoms with E-state index in [1.807, 2.05) is 24.3 Å². The lowest BCUT2D eigenvalue weighted by molar-refractivity contribution is -0.432. The average molecular weight is 298 g/mol. The van der Waals surface area contributed by atoms with Crippen LogP contribution in [-0.4, -0.2) is 18.3 Å². The van der Waals surface area contributed by atoms with E-state index in [0.717, 1.165) is 0 Å². The summed E-state index contributed by atoms with van der Waals surface area (Å²) in [5.41, 5.74) is 1.26. The van der Waals surface area contributed by atoms with Crippen molar-refractivity contribution in [1.82, 2.24) is 0 Å². The van der Waals surface area contributed by atoms with Crippen molar-refractivity contribution >= 4 is 11.8 Å². The first-order chi connectivity index (χ1) is 10.7. The van der Waals surface area contributed by atoms with Gasteiger partial charge in [0.15, 0.2) is 0 Å². The van der Waals surface area contributed by atoms with Crippen molar-refractivity contribution in [3.63, 3.8) is 0 Å². The zero-order valence-electron chi connectivity index (χ0n) is 11.9. The van der Waals surface area contributed by atoms with Crippen LogP contribution in [0.3, 0.4) is 0 Å². The van der Waals surface area contributed by atoms with Gasteiger partial charge in [-0.25, -0.2) is 0 Å². The van der Waals surface area contributed by atoms with Crippen LogP contribution in [0.4, 0.5) is 5.69 Å². The molecule has 0 bridgehead atoms. The molecule has 1 N–H and O–H groups in total. The SMILES string of the molecule is COc1ccccc1NC1Oc2ccccc2C=C1[N+](=O)[O-]. The second-order valence-corrected chi connectivity index (χ2v) is 4.71. The molecule has 3 rings (SSSR count). The van der Waals surface area contributed by atoms with Crippen molar-refractivity contribution in [2.24, 2.45) is 0 Å². The Kier molecular flexibility index (Phi) is 3.65. The molecule has 112 valence electrons. The van der Waals surface area contributed by atoms with Gasteiger partial charge in [0.25, 0.3) is 6.23 Å². The summed E-state index contributed by atoms with van der Waals surface area (Å²) in [5.74, 6) is 1.19. The molecule has 6 nitrogen and oxygen atoms in total. The molecule has 0 amide bonds. The maximum absolute atomic E-state index is 11.3. The molecule has 1 heterocycles. The number of hydrogen-bond donors (Lipinski definition) is 1. The van der Waals surface area contributed by atoms with Crippen LogP contribution in [0.1, 0.15) is 5.56 Å². The van der Waals surface area contributed by atoms with E-state index in [9.17, 15) is 10.1 Å². The van der Waals surface area contributed by atoms with E-state index in [1.54, 1.807) is 31.4 Å². The minimum absolute atomic E-state index is 0.0513. The summed E-state index contributed by atoms with van der Waals surface area (Å²) in [6.07, 6.45) is 0.632. The lowest BCUT2D eigenvalue weighted by Gasteiger charge is -2.24. The molecular formula is C16H14N2O4. The predicted octanol–water partition coefficient (Wildman–Crippen LogP) is 3.14. The molecule has 1 aliphatic heterocycles. The van der Waals surface area contributed by atoms with Crippen LogP contribution < -0.4 is 14.8 Å². The third-order valence-corrected chi connectivity index (χ3v) is 3.34. The van der Waals surface area contributed by atoms with Crippen LogP contribution in [0.2, 0.25) is 0 Å². The van der Waals surface area contributed by atoms with Crippen LogP contribution in [0.5, 0.6) is 11.5 Å². The standard InChI is InChI=1S/C16H14N2O4/c1-21-15-9-5-3-7-12(15)17-16-13(18(19)20)10-11-6-2-4-8-14(11)22-16/h2-10,16-17H,1H3. The van der Waals surface area contributed by atoms with Gasteiger partial charge in [0.05, 0.1) is 17.7 Å².